The van der Waals surface area contributed by atoms with Crippen LogP contribution < -0.4 is 0 Å². The molecule has 0 bridgehead atoms. The van der Waals surface area contributed by atoms with Crippen molar-refractivity contribution in [3.8, 4) is 11.4 Å². The van der Waals surface area contributed by atoms with Crippen molar-refractivity contribution in [2.75, 3.05) is 0 Å². The van der Waals surface area contributed by atoms with Crippen molar-refractivity contribution in [3.05, 3.63) is 35.4 Å². The third-order valence-electron chi connectivity index (χ3n) is 4.37. The van der Waals surface area contributed by atoms with E-state index in [4.69, 9.17) is 5.11 Å². The van der Waals surface area contributed by atoms with Gasteiger partial charge in [-0.3, -0.25) is 4.79 Å². The fourth-order valence-electron chi connectivity index (χ4n) is 3.17. The molecule has 23 heavy (non-hydrogen) atoms. The van der Waals surface area contributed by atoms with Gasteiger partial charge in [-0.2, -0.15) is 5.10 Å². The summed E-state index contributed by atoms with van der Waals surface area (Å²) < 4.78 is 14.9. The topological polar surface area (TPSA) is 68.0 Å². The van der Waals surface area contributed by atoms with Crippen LogP contribution in [0.2, 0.25) is 0 Å². The van der Waals surface area contributed by atoms with E-state index < -0.39 is 5.97 Å². The molecule has 1 saturated carbocycles. The predicted molar refractivity (Wildman–Crippen MR) is 83.6 cm³/mol. The van der Waals surface area contributed by atoms with Crippen LogP contribution in [-0.4, -0.2) is 25.8 Å². The molecule has 3 rings (SSSR count). The summed E-state index contributed by atoms with van der Waals surface area (Å²) in [5.74, 6) is 0.255. The first kappa shape index (κ1) is 15.6. The Morgan fingerprint density at radius 2 is 2.09 bits per heavy atom. The monoisotopic (exact) mass is 317 g/mol. The van der Waals surface area contributed by atoms with E-state index in [1.807, 2.05) is 0 Å². The van der Waals surface area contributed by atoms with Crippen LogP contribution in [-0.2, 0) is 11.3 Å². The molecule has 0 atom stereocenters. The summed E-state index contributed by atoms with van der Waals surface area (Å²) in [4.78, 5) is 15.7. The Labute approximate surface area is 134 Å². The van der Waals surface area contributed by atoms with Gasteiger partial charge in [0.2, 0.25) is 0 Å². The molecule has 1 heterocycles. The molecule has 6 heteroatoms. The Kier molecular flexibility index (Phi) is 4.41. The number of aliphatic carboxylic acids is 1. The van der Waals surface area contributed by atoms with Gasteiger partial charge >= 0.3 is 5.97 Å². The predicted octanol–water partition coefficient (Wildman–Crippen LogP) is 3.52. The summed E-state index contributed by atoms with van der Waals surface area (Å²) in [6, 6.07) is 4.72. The van der Waals surface area contributed by atoms with E-state index >= 15 is 0 Å². The van der Waals surface area contributed by atoms with Gasteiger partial charge < -0.3 is 5.11 Å². The van der Waals surface area contributed by atoms with E-state index in [2.05, 4.69) is 10.1 Å². The van der Waals surface area contributed by atoms with Crippen molar-refractivity contribution in [2.45, 2.75) is 51.5 Å². The first-order valence-corrected chi connectivity index (χ1v) is 7.97. The lowest BCUT2D eigenvalue weighted by molar-refractivity contribution is -0.137. The third-order valence-corrected chi connectivity index (χ3v) is 4.37. The number of hydrogen-bond acceptors (Lipinski definition) is 3. The Hall–Kier alpha value is -2.24. The van der Waals surface area contributed by atoms with Crippen molar-refractivity contribution < 1.29 is 14.3 Å². The largest absolute Gasteiger partial charge is 0.480 e. The maximum atomic E-state index is 13.4. The first-order valence-electron chi connectivity index (χ1n) is 7.97. The zero-order valence-electron chi connectivity index (χ0n) is 13.1. The van der Waals surface area contributed by atoms with E-state index in [1.54, 1.807) is 19.1 Å². The van der Waals surface area contributed by atoms with Crippen molar-refractivity contribution in [3.63, 3.8) is 0 Å². The second kappa shape index (κ2) is 6.48. The van der Waals surface area contributed by atoms with Gasteiger partial charge in [0.1, 0.15) is 18.2 Å². The van der Waals surface area contributed by atoms with Crippen LogP contribution in [0.5, 0.6) is 0 Å². The minimum Gasteiger partial charge on any atom is -0.480 e. The number of carbonyl (C=O) groups is 1. The summed E-state index contributed by atoms with van der Waals surface area (Å²) in [5, 5.41) is 13.5. The fourth-order valence-corrected chi connectivity index (χ4v) is 3.17. The van der Waals surface area contributed by atoms with Crippen molar-refractivity contribution >= 4 is 5.97 Å². The normalized spacial score (nSPS) is 15.7. The highest BCUT2D eigenvalue weighted by atomic mass is 19.1. The molecule has 1 fully saturated rings. The molecule has 0 spiro atoms. The lowest BCUT2D eigenvalue weighted by atomic mass is 9.88. The average Bonchev–Trinajstić information content (AvgIpc) is 2.94. The Balaban J connectivity index is 1.99. The molecule has 0 amide bonds. The van der Waals surface area contributed by atoms with Crippen LogP contribution >= 0.6 is 0 Å². The van der Waals surface area contributed by atoms with Gasteiger partial charge in [0.25, 0.3) is 0 Å². The number of nitrogens with zero attached hydrogens (tertiary/aromatic N) is 3. The highest BCUT2D eigenvalue weighted by Crippen LogP contribution is 2.32. The van der Waals surface area contributed by atoms with Crippen molar-refractivity contribution in [1.29, 1.82) is 0 Å². The quantitative estimate of drug-likeness (QED) is 0.936. The molecule has 0 aliphatic heterocycles. The summed E-state index contributed by atoms with van der Waals surface area (Å²) in [6.07, 6.45) is 5.51. The SMILES string of the molecule is Cc1cc(-c2nc(C3CCCCC3)n(CC(=O)O)n2)ccc1F. The number of carboxylic acids is 1. The van der Waals surface area contributed by atoms with E-state index in [0.29, 0.717) is 17.0 Å². The minimum atomic E-state index is -0.936. The molecule has 1 N–H and O–H groups in total. The molecule has 122 valence electrons. The Bertz CT molecular complexity index is 721. The van der Waals surface area contributed by atoms with Gasteiger partial charge in [0.05, 0.1) is 0 Å². The number of hydrogen-bond donors (Lipinski definition) is 1. The van der Waals surface area contributed by atoms with Gasteiger partial charge in [-0.15, -0.1) is 0 Å². The molecule has 5 nitrogen and oxygen atoms in total. The van der Waals surface area contributed by atoms with Crippen LogP contribution in [0.15, 0.2) is 18.2 Å². The number of aryl methyl sites for hydroxylation is 1. The highest BCUT2D eigenvalue weighted by Gasteiger charge is 2.24. The van der Waals surface area contributed by atoms with E-state index in [0.717, 1.165) is 31.5 Å². The molecular weight excluding hydrogens is 297 g/mol. The number of halogens is 1. The number of benzene rings is 1. The summed E-state index contributed by atoms with van der Waals surface area (Å²) in [5.41, 5.74) is 1.24. The van der Waals surface area contributed by atoms with Gasteiger partial charge in [-0.1, -0.05) is 19.3 Å². The molecule has 0 saturated heterocycles. The number of carboxylic acid groups (broad SMARTS) is 1. The third kappa shape index (κ3) is 3.41. The van der Waals surface area contributed by atoms with Crippen LogP contribution in [0.4, 0.5) is 4.39 Å². The molecule has 1 aliphatic rings. The summed E-state index contributed by atoms with van der Waals surface area (Å²) in [6.45, 7) is 1.49. The second-order valence-electron chi connectivity index (χ2n) is 6.14. The van der Waals surface area contributed by atoms with Crippen molar-refractivity contribution in [1.82, 2.24) is 14.8 Å². The van der Waals surface area contributed by atoms with Gasteiger partial charge in [0, 0.05) is 11.5 Å². The maximum absolute atomic E-state index is 13.4. The van der Waals surface area contributed by atoms with E-state index in [-0.39, 0.29) is 18.3 Å². The van der Waals surface area contributed by atoms with Crippen LogP contribution in [0.25, 0.3) is 11.4 Å². The maximum Gasteiger partial charge on any atom is 0.325 e. The Morgan fingerprint density at radius 1 is 1.35 bits per heavy atom. The zero-order valence-corrected chi connectivity index (χ0v) is 13.1. The number of aromatic nitrogens is 3. The van der Waals surface area contributed by atoms with Crippen LogP contribution in [0.1, 0.15) is 49.4 Å². The molecule has 1 aromatic carbocycles. The van der Waals surface area contributed by atoms with Gasteiger partial charge in [-0.25, -0.2) is 14.1 Å². The van der Waals surface area contributed by atoms with E-state index in [9.17, 15) is 9.18 Å². The second-order valence-corrected chi connectivity index (χ2v) is 6.14. The van der Waals surface area contributed by atoms with Crippen LogP contribution in [0, 0.1) is 12.7 Å². The smallest absolute Gasteiger partial charge is 0.325 e. The first-order chi connectivity index (χ1) is 11.0. The molecule has 2 aromatic rings. The average molecular weight is 317 g/mol. The summed E-state index contributed by atoms with van der Waals surface area (Å²) >= 11 is 0. The molecule has 1 aliphatic carbocycles. The van der Waals surface area contributed by atoms with Gasteiger partial charge in [-0.05, 0) is 43.5 Å². The number of rotatable bonds is 4. The van der Waals surface area contributed by atoms with E-state index in [1.165, 1.54) is 17.2 Å². The lowest BCUT2D eigenvalue weighted by Crippen LogP contribution is -2.17. The molecule has 0 radical (unpaired) electrons. The van der Waals surface area contributed by atoms with Gasteiger partial charge in [0.15, 0.2) is 5.82 Å². The molecule has 1 aromatic heterocycles. The molecule has 0 unspecified atom stereocenters. The van der Waals surface area contributed by atoms with Crippen molar-refractivity contribution in [2.24, 2.45) is 0 Å². The highest BCUT2D eigenvalue weighted by molar-refractivity contribution is 5.66. The van der Waals surface area contributed by atoms with Crippen LogP contribution in [0.3, 0.4) is 0 Å². The standard InChI is InChI=1S/C17H20FN3O2/c1-11-9-13(7-8-14(11)18)16-19-17(12-5-3-2-4-6-12)21(20-16)10-15(22)23/h7-9,12H,2-6,10H2,1H3,(H,22,23). The lowest BCUT2D eigenvalue weighted by Gasteiger charge is -2.20. The summed E-state index contributed by atoms with van der Waals surface area (Å²) in [7, 11) is 0. The molecular formula is C17H20FN3O2. The fraction of sp³-hybridized carbons (Fsp3) is 0.471. The minimum absolute atomic E-state index is 0.195. The Morgan fingerprint density at radius 3 is 2.74 bits per heavy atom. The zero-order chi connectivity index (χ0) is 16.4.